The van der Waals surface area contributed by atoms with Gasteiger partial charge in [0, 0.05) is 37.9 Å². The molecule has 0 aliphatic carbocycles. The lowest BCUT2D eigenvalue weighted by Gasteiger charge is -2.28. The van der Waals surface area contributed by atoms with E-state index in [-0.39, 0.29) is 18.1 Å². The van der Waals surface area contributed by atoms with Crippen molar-refractivity contribution in [2.75, 3.05) is 31.9 Å². The first-order valence-electron chi connectivity index (χ1n) is 8.15. The summed E-state index contributed by atoms with van der Waals surface area (Å²) < 4.78 is 11.6. The molecular weight excluding hydrogens is 294 g/mol. The van der Waals surface area contributed by atoms with Crippen LogP contribution in [0.15, 0.2) is 12.1 Å². The van der Waals surface area contributed by atoms with E-state index in [0.717, 1.165) is 13.1 Å². The Hall–Kier alpha value is -1.95. The normalized spacial score (nSPS) is 15.1. The van der Waals surface area contributed by atoms with Crippen LogP contribution >= 0.6 is 0 Å². The molecule has 0 atom stereocenters. The molecule has 3 N–H and O–H groups in total. The van der Waals surface area contributed by atoms with E-state index in [9.17, 15) is 4.79 Å². The molecule has 0 aromatic heterocycles. The number of nitrogen functional groups attached to an aromatic ring is 1. The molecule has 6 heteroatoms. The summed E-state index contributed by atoms with van der Waals surface area (Å²) in [7, 11) is 0. The lowest BCUT2D eigenvalue weighted by Crippen LogP contribution is -2.46. The highest BCUT2D eigenvalue weighted by Gasteiger charge is 2.23. The van der Waals surface area contributed by atoms with Crippen LogP contribution in [0, 0.1) is 0 Å². The molecule has 0 radical (unpaired) electrons. The second kappa shape index (κ2) is 7.55. The molecular formula is C17H27N3O3. The minimum atomic E-state index is -0.0614. The van der Waals surface area contributed by atoms with E-state index in [1.54, 1.807) is 12.1 Å². The van der Waals surface area contributed by atoms with Gasteiger partial charge in [0.15, 0.2) is 11.5 Å². The number of amides is 1. The summed E-state index contributed by atoms with van der Waals surface area (Å²) in [5.41, 5.74) is 6.99. The Balaban J connectivity index is 2.33. The summed E-state index contributed by atoms with van der Waals surface area (Å²) in [6.45, 7) is 10.7. The van der Waals surface area contributed by atoms with Gasteiger partial charge in [-0.2, -0.15) is 0 Å². The van der Waals surface area contributed by atoms with E-state index in [1.807, 2.05) is 32.6 Å². The van der Waals surface area contributed by atoms with Crippen molar-refractivity contribution in [2.45, 2.75) is 39.9 Å². The highest BCUT2D eigenvalue weighted by molar-refractivity contribution is 6.00. The van der Waals surface area contributed by atoms with E-state index >= 15 is 0 Å². The van der Waals surface area contributed by atoms with E-state index in [1.165, 1.54) is 0 Å². The van der Waals surface area contributed by atoms with Gasteiger partial charge in [-0.1, -0.05) is 0 Å². The first kappa shape index (κ1) is 17.4. The van der Waals surface area contributed by atoms with Crippen molar-refractivity contribution < 1.29 is 14.3 Å². The maximum absolute atomic E-state index is 12.7. The number of carbonyl (C=O) groups is 1. The highest BCUT2D eigenvalue weighted by Crippen LogP contribution is 2.34. The molecule has 1 aliphatic heterocycles. The summed E-state index contributed by atoms with van der Waals surface area (Å²) in [4.78, 5) is 14.5. The fourth-order valence-corrected chi connectivity index (χ4v) is 2.49. The highest BCUT2D eigenvalue weighted by atomic mass is 16.5. The van der Waals surface area contributed by atoms with Crippen molar-refractivity contribution in [3.8, 4) is 11.5 Å². The quantitative estimate of drug-likeness (QED) is 0.810. The van der Waals surface area contributed by atoms with Crippen molar-refractivity contribution in [3.63, 3.8) is 0 Å². The van der Waals surface area contributed by atoms with E-state index in [2.05, 4.69) is 5.32 Å². The lowest BCUT2D eigenvalue weighted by molar-refractivity contribution is 0.0736. The molecule has 6 nitrogen and oxygen atoms in total. The van der Waals surface area contributed by atoms with E-state index < -0.39 is 0 Å². The maximum Gasteiger partial charge on any atom is 0.256 e. The van der Waals surface area contributed by atoms with Gasteiger partial charge in [-0.15, -0.1) is 0 Å². The molecule has 128 valence electrons. The molecule has 1 amide bonds. The van der Waals surface area contributed by atoms with Crippen LogP contribution in [-0.4, -0.2) is 49.2 Å². The second-order valence-corrected chi connectivity index (χ2v) is 6.26. The van der Waals surface area contributed by atoms with Crippen LogP contribution in [0.25, 0.3) is 0 Å². The number of benzene rings is 1. The van der Waals surface area contributed by atoms with Gasteiger partial charge < -0.3 is 25.4 Å². The summed E-state index contributed by atoms with van der Waals surface area (Å²) >= 11 is 0. The summed E-state index contributed by atoms with van der Waals surface area (Å²) in [6, 6.07) is 3.39. The first-order chi connectivity index (χ1) is 10.9. The average molecular weight is 321 g/mol. The minimum absolute atomic E-state index is 0.00127. The Morgan fingerprint density at radius 1 is 1.09 bits per heavy atom. The molecule has 0 saturated carbocycles. The molecule has 0 spiro atoms. The van der Waals surface area contributed by atoms with Crippen LogP contribution in [0.4, 0.5) is 5.69 Å². The van der Waals surface area contributed by atoms with Crippen LogP contribution in [0.1, 0.15) is 38.1 Å². The van der Waals surface area contributed by atoms with Crippen molar-refractivity contribution in [2.24, 2.45) is 0 Å². The number of carbonyl (C=O) groups excluding carboxylic acids is 1. The third-order valence-electron chi connectivity index (χ3n) is 3.48. The predicted octanol–water partition coefficient (Wildman–Crippen LogP) is 1.89. The Morgan fingerprint density at radius 3 is 2.13 bits per heavy atom. The SMILES string of the molecule is CC(C)Oc1cc(N)c(C(=O)N2CCNCC2)cc1OC(C)C. The van der Waals surface area contributed by atoms with Crippen LogP contribution in [-0.2, 0) is 0 Å². The fourth-order valence-electron chi connectivity index (χ4n) is 2.49. The van der Waals surface area contributed by atoms with Crippen molar-refractivity contribution in [3.05, 3.63) is 17.7 Å². The molecule has 1 aromatic rings. The minimum Gasteiger partial charge on any atom is -0.487 e. The van der Waals surface area contributed by atoms with Gasteiger partial charge in [-0.25, -0.2) is 0 Å². The van der Waals surface area contributed by atoms with Crippen molar-refractivity contribution in [1.82, 2.24) is 10.2 Å². The zero-order valence-electron chi connectivity index (χ0n) is 14.4. The number of ether oxygens (including phenoxy) is 2. The summed E-state index contributed by atoms with van der Waals surface area (Å²) in [5, 5.41) is 3.23. The summed E-state index contributed by atoms with van der Waals surface area (Å²) in [5.74, 6) is 1.07. The van der Waals surface area contributed by atoms with Crippen LogP contribution < -0.4 is 20.5 Å². The average Bonchev–Trinajstić information content (AvgIpc) is 2.49. The zero-order chi connectivity index (χ0) is 17.0. The van der Waals surface area contributed by atoms with Gasteiger partial charge in [0.05, 0.1) is 17.8 Å². The lowest BCUT2D eigenvalue weighted by atomic mass is 10.1. The van der Waals surface area contributed by atoms with E-state index in [0.29, 0.717) is 35.8 Å². The number of hydrogen-bond acceptors (Lipinski definition) is 5. The monoisotopic (exact) mass is 321 g/mol. The predicted molar refractivity (Wildman–Crippen MR) is 91.2 cm³/mol. The number of hydrogen-bond donors (Lipinski definition) is 2. The topological polar surface area (TPSA) is 76.8 Å². The smallest absolute Gasteiger partial charge is 0.256 e. The number of nitrogens with zero attached hydrogens (tertiary/aromatic N) is 1. The fraction of sp³-hybridized carbons (Fsp3) is 0.588. The number of nitrogens with one attached hydrogen (secondary N) is 1. The summed E-state index contributed by atoms with van der Waals surface area (Å²) in [6.07, 6.45) is -0.0195. The molecule has 1 aliphatic rings. The standard InChI is InChI=1S/C17H27N3O3/c1-11(2)22-15-9-13(14(18)10-16(15)23-12(3)4)17(21)20-7-5-19-6-8-20/h9-12,19H,5-8,18H2,1-4H3. The maximum atomic E-state index is 12.7. The number of nitrogens with two attached hydrogens (primary N) is 1. The molecule has 0 bridgehead atoms. The van der Waals surface area contributed by atoms with Crippen molar-refractivity contribution in [1.29, 1.82) is 0 Å². The van der Waals surface area contributed by atoms with Gasteiger partial charge in [0.1, 0.15) is 0 Å². The van der Waals surface area contributed by atoms with Crippen LogP contribution in [0.3, 0.4) is 0 Å². The second-order valence-electron chi connectivity index (χ2n) is 6.26. The van der Waals surface area contributed by atoms with Gasteiger partial charge in [0.25, 0.3) is 5.91 Å². The largest absolute Gasteiger partial charge is 0.487 e. The molecule has 1 heterocycles. The Kier molecular flexibility index (Phi) is 5.71. The van der Waals surface area contributed by atoms with Crippen molar-refractivity contribution >= 4 is 11.6 Å². The van der Waals surface area contributed by atoms with Gasteiger partial charge >= 0.3 is 0 Å². The molecule has 23 heavy (non-hydrogen) atoms. The van der Waals surface area contributed by atoms with Gasteiger partial charge in [-0.05, 0) is 33.8 Å². The Morgan fingerprint density at radius 2 is 1.61 bits per heavy atom. The number of anilines is 1. The van der Waals surface area contributed by atoms with Gasteiger partial charge in [0.2, 0.25) is 0 Å². The Bertz CT molecular complexity index is 552. The third-order valence-corrected chi connectivity index (χ3v) is 3.48. The first-order valence-corrected chi connectivity index (χ1v) is 8.15. The molecule has 1 fully saturated rings. The molecule has 1 aromatic carbocycles. The van der Waals surface area contributed by atoms with Crippen LogP contribution in [0.2, 0.25) is 0 Å². The van der Waals surface area contributed by atoms with E-state index in [4.69, 9.17) is 15.2 Å². The Labute approximate surface area is 137 Å². The zero-order valence-corrected chi connectivity index (χ0v) is 14.4. The van der Waals surface area contributed by atoms with Gasteiger partial charge in [-0.3, -0.25) is 4.79 Å². The van der Waals surface area contributed by atoms with Crippen LogP contribution in [0.5, 0.6) is 11.5 Å². The molecule has 2 rings (SSSR count). The molecule has 1 saturated heterocycles. The third kappa shape index (κ3) is 4.51. The number of piperazine rings is 1. The molecule has 0 unspecified atom stereocenters. The number of rotatable bonds is 5.